The second-order valence-corrected chi connectivity index (χ2v) is 6.35. The maximum Gasteiger partial charge on any atom is 0.235 e. The lowest BCUT2D eigenvalue weighted by Gasteiger charge is -2.16. The molecule has 2 heterocycles. The zero-order valence-corrected chi connectivity index (χ0v) is 13.0. The van der Waals surface area contributed by atoms with Gasteiger partial charge >= 0.3 is 0 Å². The Bertz CT molecular complexity index is 966. The number of aromatic nitrogens is 1. The molecule has 5 heteroatoms. The summed E-state index contributed by atoms with van der Waals surface area (Å²) in [7, 11) is 0. The van der Waals surface area contributed by atoms with Gasteiger partial charge < -0.3 is 19.8 Å². The molecule has 24 heavy (non-hydrogen) atoms. The lowest BCUT2D eigenvalue weighted by Crippen LogP contribution is -2.27. The van der Waals surface area contributed by atoms with Gasteiger partial charge in [0.15, 0.2) is 11.5 Å². The van der Waals surface area contributed by atoms with E-state index in [0.29, 0.717) is 0 Å². The van der Waals surface area contributed by atoms with Gasteiger partial charge in [-0.1, -0.05) is 18.2 Å². The fourth-order valence-electron chi connectivity index (χ4n) is 3.40. The highest BCUT2D eigenvalue weighted by atomic mass is 16.7. The molecule has 5 rings (SSSR count). The van der Waals surface area contributed by atoms with E-state index in [1.165, 1.54) is 0 Å². The van der Waals surface area contributed by atoms with Gasteiger partial charge in [0.2, 0.25) is 12.7 Å². The third-order valence-electron chi connectivity index (χ3n) is 4.95. The van der Waals surface area contributed by atoms with Crippen LogP contribution in [0.2, 0.25) is 0 Å². The van der Waals surface area contributed by atoms with Gasteiger partial charge in [-0.05, 0) is 42.7 Å². The Balaban J connectivity index is 0.000000980. The summed E-state index contributed by atoms with van der Waals surface area (Å²) >= 11 is 0. The lowest BCUT2D eigenvalue weighted by molar-refractivity contribution is -0.118. The second-order valence-electron chi connectivity index (χ2n) is 6.35. The van der Waals surface area contributed by atoms with Crippen LogP contribution in [-0.4, -0.2) is 17.7 Å². The number of anilines is 1. The molecule has 2 aromatic carbocycles. The lowest BCUT2D eigenvalue weighted by atomic mass is 9.94. The van der Waals surface area contributed by atoms with E-state index < -0.39 is 5.41 Å². The number of aromatic amines is 1. The molecular formula is C19H20N2O3. The standard InChI is InChI=1S/C19H16N2O3.2H2/c22-18(21-14-3-1-2-12-6-9-20-17(12)14)19(7-8-19)13-4-5-15-16(10-13)24-11-23-15;;/h1-6,9-10,20H,7-8,11H2,(H,21,22);2*1H. The smallest absolute Gasteiger partial charge is 0.235 e. The van der Waals surface area contributed by atoms with Gasteiger partial charge in [0.25, 0.3) is 0 Å². The van der Waals surface area contributed by atoms with E-state index in [1.54, 1.807) is 0 Å². The van der Waals surface area contributed by atoms with E-state index in [0.717, 1.165) is 46.5 Å². The summed E-state index contributed by atoms with van der Waals surface area (Å²) in [6, 6.07) is 13.7. The van der Waals surface area contributed by atoms with Gasteiger partial charge in [-0.15, -0.1) is 0 Å². The molecule has 0 saturated heterocycles. The number of rotatable bonds is 3. The Hall–Kier alpha value is -2.95. The first-order valence-corrected chi connectivity index (χ1v) is 8.04. The van der Waals surface area contributed by atoms with Crippen molar-refractivity contribution in [2.75, 3.05) is 12.1 Å². The Morgan fingerprint density at radius 3 is 2.88 bits per heavy atom. The largest absolute Gasteiger partial charge is 0.454 e. The average molecular weight is 324 g/mol. The predicted molar refractivity (Wildman–Crippen MR) is 94.6 cm³/mol. The van der Waals surface area contributed by atoms with E-state index in [2.05, 4.69) is 10.3 Å². The van der Waals surface area contributed by atoms with Crippen LogP contribution >= 0.6 is 0 Å². The Labute approximate surface area is 141 Å². The third-order valence-corrected chi connectivity index (χ3v) is 4.95. The van der Waals surface area contributed by atoms with Crippen molar-refractivity contribution in [3.8, 4) is 11.5 Å². The van der Waals surface area contributed by atoms with Crippen LogP contribution in [0.5, 0.6) is 11.5 Å². The minimum atomic E-state index is -0.463. The zero-order chi connectivity index (χ0) is 16.1. The average Bonchev–Trinajstić information content (AvgIpc) is 3.05. The van der Waals surface area contributed by atoms with Crippen molar-refractivity contribution >= 4 is 22.5 Å². The molecule has 0 atom stereocenters. The molecule has 0 bridgehead atoms. The normalized spacial score (nSPS) is 17.0. The van der Waals surface area contributed by atoms with Crippen LogP contribution in [0.15, 0.2) is 48.7 Å². The van der Waals surface area contributed by atoms with Gasteiger partial charge in [-0.2, -0.15) is 0 Å². The highest BCUT2D eigenvalue weighted by Gasteiger charge is 2.51. The Kier molecular flexibility index (Phi) is 2.68. The third kappa shape index (κ3) is 1.91. The van der Waals surface area contributed by atoms with Crippen LogP contribution in [0.4, 0.5) is 5.69 Å². The monoisotopic (exact) mass is 324 g/mol. The van der Waals surface area contributed by atoms with E-state index in [1.807, 2.05) is 48.7 Å². The van der Waals surface area contributed by atoms with Crippen molar-refractivity contribution in [3.63, 3.8) is 0 Å². The number of ether oxygens (including phenoxy) is 2. The first kappa shape index (κ1) is 13.5. The summed E-state index contributed by atoms with van der Waals surface area (Å²) in [4.78, 5) is 16.2. The Morgan fingerprint density at radius 1 is 1.12 bits per heavy atom. The quantitative estimate of drug-likeness (QED) is 0.763. The van der Waals surface area contributed by atoms with E-state index in [4.69, 9.17) is 9.47 Å². The first-order valence-electron chi connectivity index (χ1n) is 8.04. The summed E-state index contributed by atoms with van der Waals surface area (Å²) in [6.07, 6.45) is 3.57. The van der Waals surface area contributed by atoms with Crippen molar-refractivity contribution in [1.29, 1.82) is 0 Å². The maximum absolute atomic E-state index is 13.0. The van der Waals surface area contributed by atoms with Gasteiger partial charge in [0.1, 0.15) is 0 Å². The molecule has 1 saturated carbocycles. The molecule has 124 valence electrons. The first-order chi connectivity index (χ1) is 11.8. The second kappa shape index (κ2) is 4.77. The topological polar surface area (TPSA) is 63.4 Å². The molecule has 0 spiro atoms. The highest BCUT2D eigenvalue weighted by molar-refractivity contribution is 6.06. The molecule has 1 aliphatic carbocycles. The number of H-pyrrole nitrogens is 1. The van der Waals surface area contributed by atoms with Crippen LogP contribution in [-0.2, 0) is 10.2 Å². The molecule has 0 unspecified atom stereocenters. The van der Waals surface area contributed by atoms with Crippen LogP contribution < -0.4 is 14.8 Å². The van der Waals surface area contributed by atoms with Crippen LogP contribution in [0.3, 0.4) is 0 Å². The van der Waals surface area contributed by atoms with E-state index >= 15 is 0 Å². The fourth-order valence-corrected chi connectivity index (χ4v) is 3.40. The van der Waals surface area contributed by atoms with Gasteiger partial charge in [-0.3, -0.25) is 4.79 Å². The SMILES string of the molecule is O=C(Nc1cccc2cc[nH]c12)C1(c2ccc3c(c2)OCO3)CC1.[HH].[HH]. The molecule has 1 amide bonds. The molecular weight excluding hydrogens is 304 g/mol. The molecule has 2 N–H and O–H groups in total. The highest BCUT2D eigenvalue weighted by Crippen LogP contribution is 2.51. The van der Waals surface area contributed by atoms with Crippen LogP contribution in [0.1, 0.15) is 21.3 Å². The van der Waals surface area contributed by atoms with Gasteiger partial charge in [0.05, 0.1) is 16.6 Å². The number of benzene rings is 2. The summed E-state index contributed by atoms with van der Waals surface area (Å²) < 4.78 is 10.8. The van der Waals surface area contributed by atoms with Gasteiger partial charge in [0, 0.05) is 14.4 Å². The summed E-state index contributed by atoms with van der Waals surface area (Å²) in [5, 5.41) is 4.18. The Morgan fingerprint density at radius 2 is 2.00 bits per heavy atom. The molecule has 2 aliphatic rings. The summed E-state index contributed by atoms with van der Waals surface area (Å²) in [5.41, 5.74) is 2.29. The molecule has 5 nitrogen and oxygen atoms in total. The minimum absolute atomic E-state index is 0. The van der Waals surface area contributed by atoms with Crippen LogP contribution in [0.25, 0.3) is 10.9 Å². The van der Waals surface area contributed by atoms with E-state index in [-0.39, 0.29) is 15.6 Å². The number of nitrogens with one attached hydrogen (secondary N) is 2. The van der Waals surface area contributed by atoms with Crippen LogP contribution in [0, 0.1) is 0 Å². The van der Waals surface area contributed by atoms with Crippen molar-refractivity contribution in [2.24, 2.45) is 0 Å². The zero-order valence-electron chi connectivity index (χ0n) is 13.0. The number of para-hydroxylation sites is 1. The molecule has 1 fully saturated rings. The minimum Gasteiger partial charge on any atom is -0.454 e. The number of carbonyl (C=O) groups excluding carboxylic acids is 1. The van der Waals surface area contributed by atoms with E-state index in [9.17, 15) is 4.79 Å². The summed E-state index contributed by atoms with van der Waals surface area (Å²) in [5.74, 6) is 1.49. The van der Waals surface area contributed by atoms with Crippen molar-refractivity contribution in [2.45, 2.75) is 18.3 Å². The fraction of sp³-hybridized carbons (Fsp3) is 0.211. The van der Waals surface area contributed by atoms with Gasteiger partial charge in [-0.25, -0.2) is 0 Å². The molecule has 0 radical (unpaired) electrons. The number of hydrogen-bond donors (Lipinski definition) is 2. The van der Waals surface area contributed by atoms with Crippen molar-refractivity contribution in [1.82, 2.24) is 4.98 Å². The number of fused-ring (bicyclic) bond motifs is 2. The molecule has 1 aromatic heterocycles. The maximum atomic E-state index is 13.0. The van der Waals surface area contributed by atoms with Crippen molar-refractivity contribution < 1.29 is 17.1 Å². The predicted octanol–water partition coefficient (Wildman–Crippen LogP) is 4.06. The number of hydrogen-bond acceptors (Lipinski definition) is 3. The number of carbonyl (C=O) groups is 1. The number of amides is 1. The molecule has 1 aliphatic heterocycles. The summed E-state index contributed by atoms with van der Waals surface area (Å²) in [6.45, 7) is 0.243. The molecule has 3 aromatic rings. The van der Waals surface area contributed by atoms with Crippen molar-refractivity contribution in [3.05, 3.63) is 54.2 Å².